The van der Waals surface area contributed by atoms with Crippen LogP contribution in [-0.4, -0.2) is 31.7 Å². The summed E-state index contributed by atoms with van der Waals surface area (Å²) in [6.07, 6.45) is 4.18. The van der Waals surface area contributed by atoms with Gasteiger partial charge in [-0.15, -0.1) is 5.10 Å². The zero-order chi connectivity index (χ0) is 22.0. The number of rotatable bonds is 6. The number of aromatic nitrogens is 2. The highest BCUT2D eigenvalue weighted by molar-refractivity contribution is 7.92. The first kappa shape index (κ1) is 21.1. The molecule has 0 atom stereocenters. The number of nitrogens with zero attached hydrogens (tertiary/aromatic N) is 3. The SMILES string of the molecule is Cc1cc(C)c(S(=O)(=O)Nc2ccc(Nc3cc(N4CCCC4)cnn3)cc2)c(C)c1. The van der Waals surface area contributed by atoms with Crippen LogP contribution in [0.15, 0.2) is 53.6 Å². The smallest absolute Gasteiger partial charge is 0.262 e. The summed E-state index contributed by atoms with van der Waals surface area (Å²) >= 11 is 0. The lowest BCUT2D eigenvalue weighted by atomic mass is 10.1. The first-order chi connectivity index (χ1) is 14.8. The lowest BCUT2D eigenvalue weighted by Crippen LogP contribution is -2.18. The fraction of sp³-hybridized carbons (Fsp3) is 0.304. The van der Waals surface area contributed by atoms with E-state index in [9.17, 15) is 8.42 Å². The van der Waals surface area contributed by atoms with Gasteiger partial charge in [-0.3, -0.25) is 4.72 Å². The lowest BCUT2D eigenvalue weighted by Gasteiger charge is -2.17. The molecule has 0 saturated carbocycles. The van der Waals surface area contributed by atoms with Gasteiger partial charge >= 0.3 is 0 Å². The number of anilines is 4. The average molecular weight is 438 g/mol. The summed E-state index contributed by atoms with van der Waals surface area (Å²) in [6.45, 7) is 7.68. The molecule has 2 aromatic carbocycles. The summed E-state index contributed by atoms with van der Waals surface area (Å²) in [5, 5.41) is 11.5. The second-order valence-corrected chi connectivity index (χ2v) is 9.65. The van der Waals surface area contributed by atoms with Crippen molar-refractivity contribution in [2.45, 2.75) is 38.5 Å². The van der Waals surface area contributed by atoms with Crippen LogP contribution in [0.5, 0.6) is 0 Å². The van der Waals surface area contributed by atoms with E-state index in [1.807, 2.05) is 51.1 Å². The predicted octanol–water partition coefficient (Wildman–Crippen LogP) is 4.55. The van der Waals surface area contributed by atoms with E-state index in [2.05, 4.69) is 25.1 Å². The fourth-order valence-electron chi connectivity index (χ4n) is 4.13. The van der Waals surface area contributed by atoms with Gasteiger partial charge in [0.25, 0.3) is 10.0 Å². The van der Waals surface area contributed by atoms with E-state index in [0.29, 0.717) is 16.4 Å². The molecule has 1 saturated heterocycles. The van der Waals surface area contributed by atoms with Crippen LogP contribution in [0.3, 0.4) is 0 Å². The van der Waals surface area contributed by atoms with Gasteiger partial charge in [-0.05, 0) is 69.0 Å². The first-order valence-electron chi connectivity index (χ1n) is 10.4. The van der Waals surface area contributed by atoms with Gasteiger partial charge < -0.3 is 10.2 Å². The van der Waals surface area contributed by atoms with Gasteiger partial charge in [0.1, 0.15) is 0 Å². The summed E-state index contributed by atoms with van der Waals surface area (Å²) in [5.41, 5.74) is 4.88. The Kier molecular flexibility index (Phi) is 5.82. The third-order valence-electron chi connectivity index (χ3n) is 5.39. The zero-order valence-electron chi connectivity index (χ0n) is 18.0. The van der Waals surface area contributed by atoms with Crippen molar-refractivity contribution >= 4 is 32.9 Å². The lowest BCUT2D eigenvalue weighted by molar-refractivity contribution is 0.600. The van der Waals surface area contributed by atoms with Crippen molar-refractivity contribution in [2.24, 2.45) is 0 Å². The van der Waals surface area contributed by atoms with Crippen molar-refractivity contribution in [1.29, 1.82) is 0 Å². The third-order valence-corrected chi connectivity index (χ3v) is 7.08. The molecule has 0 radical (unpaired) electrons. The minimum Gasteiger partial charge on any atom is -0.370 e. The molecular formula is C23H27N5O2S. The summed E-state index contributed by atoms with van der Waals surface area (Å²) in [5.74, 6) is 0.656. The van der Waals surface area contributed by atoms with Gasteiger partial charge in [0.2, 0.25) is 0 Å². The quantitative estimate of drug-likeness (QED) is 0.588. The molecular weight excluding hydrogens is 410 g/mol. The van der Waals surface area contributed by atoms with E-state index < -0.39 is 10.0 Å². The molecule has 0 aliphatic carbocycles. The first-order valence-corrected chi connectivity index (χ1v) is 11.9. The number of benzene rings is 2. The highest BCUT2D eigenvalue weighted by atomic mass is 32.2. The van der Waals surface area contributed by atoms with E-state index in [1.165, 1.54) is 12.8 Å². The highest BCUT2D eigenvalue weighted by Gasteiger charge is 2.20. The van der Waals surface area contributed by atoms with Crippen LogP contribution < -0.4 is 14.9 Å². The minimum absolute atomic E-state index is 0.328. The second-order valence-electron chi connectivity index (χ2n) is 8.03. The van der Waals surface area contributed by atoms with Crippen molar-refractivity contribution < 1.29 is 8.42 Å². The van der Waals surface area contributed by atoms with Crippen LogP contribution in [-0.2, 0) is 10.0 Å². The van der Waals surface area contributed by atoms with Crippen LogP contribution in [0.4, 0.5) is 22.9 Å². The van der Waals surface area contributed by atoms with Crippen LogP contribution >= 0.6 is 0 Å². The molecule has 3 aromatic rings. The van der Waals surface area contributed by atoms with Crippen LogP contribution in [0.2, 0.25) is 0 Å². The van der Waals surface area contributed by atoms with Gasteiger partial charge in [0, 0.05) is 30.5 Å². The van der Waals surface area contributed by atoms with Gasteiger partial charge in [0.15, 0.2) is 5.82 Å². The van der Waals surface area contributed by atoms with Gasteiger partial charge in [-0.1, -0.05) is 17.7 Å². The average Bonchev–Trinajstić information content (AvgIpc) is 3.23. The fourth-order valence-corrected chi connectivity index (χ4v) is 5.65. The predicted molar refractivity (Wildman–Crippen MR) is 125 cm³/mol. The number of hydrogen-bond acceptors (Lipinski definition) is 6. The van der Waals surface area contributed by atoms with Gasteiger partial charge in [0.05, 0.1) is 16.8 Å². The standard InChI is InChI=1S/C23H27N5O2S/c1-16-12-17(2)23(18(3)13-16)31(29,30)27-20-8-6-19(7-9-20)25-22-14-21(15-24-26-22)28-10-4-5-11-28/h6-9,12-15,27H,4-5,10-11H2,1-3H3,(H,25,26). The monoisotopic (exact) mass is 437 g/mol. The molecule has 0 spiro atoms. The number of nitrogens with one attached hydrogen (secondary N) is 2. The summed E-state index contributed by atoms with van der Waals surface area (Å²) in [6, 6.07) is 12.8. The molecule has 0 bridgehead atoms. The molecule has 31 heavy (non-hydrogen) atoms. The van der Waals surface area contributed by atoms with Crippen LogP contribution in [0.1, 0.15) is 29.5 Å². The molecule has 4 rings (SSSR count). The molecule has 1 aromatic heterocycles. The van der Waals surface area contributed by atoms with Crippen LogP contribution in [0.25, 0.3) is 0 Å². The Balaban J connectivity index is 1.48. The molecule has 2 heterocycles. The number of sulfonamides is 1. The summed E-state index contributed by atoms with van der Waals surface area (Å²) in [7, 11) is -3.68. The van der Waals surface area contributed by atoms with Crippen molar-refractivity contribution in [2.75, 3.05) is 28.0 Å². The van der Waals surface area contributed by atoms with Crippen molar-refractivity contribution in [3.63, 3.8) is 0 Å². The van der Waals surface area contributed by atoms with E-state index in [-0.39, 0.29) is 0 Å². The van der Waals surface area contributed by atoms with Gasteiger partial charge in [-0.25, -0.2) is 8.42 Å². The normalized spacial score (nSPS) is 14.0. The van der Waals surface area contributed by atoms with E-state index >= 15 is 0 Å². The Labute approximate surface area is 183 Å². The molecule has 8 heteroatoms. The molecule has 1 fully saturated rings. The van der Waals surface area contributed by atoms with Gasteiger partial charge in [-0.2, -0.15) is 5.10 Å². The van der Waals surface area contributed by atoms with Crippen LogP contribution in [0, 0.1) is 20.8 Å². The largest absolute Gasteiger partial charge is 0.370 e. The topological polar surface area (TPSA) is 87.2 Å². The van der Waals surface area contributed by atoms with E-state index in [4.69, 9.17) is 0 Å². The highest BCUT2D eigenvalue weighted by Crippen LogP contribution is 2.26. The molecule has 1 aliphatic rings. The number of hydrogen-bond donors (Lipinski definition) is 2. The third kappa shape index (κ3) is 4.80. The Bertz CT molecular complexity index is 1160. The van der Waals surface area contributed by atoms with Crippen molar-refractivity contribution in [3.05, 3.63) is 65.4 Å². The maximum atomic E-state index is 12.9. The number of aryl methyl sites for hydroxylation is 3. The zero-order valence-corrected chi connectivity index (χ0v) is 18.8. The van der Waals surface area contributed by atoms with Crippen molar-refractivity contribution in [3.8, 4) is 0 Å². The maximum Gasteiger partial charge on any atom is 0.262 e. The molecule has 7 nitrogen and oxygen atoms in total. The second kappa shape index (κ2) is 8.55. The van der Waals surface area contributed by atoms with E-state index in [0.717, 1.165) is 41.2 Å². The molecule has 2 N–H and O–H groups in total. The molecule has 0 amide bonds. The minimum atomic E-state index is -3.68. The molecule has 162 valence electrons. The Hall–Kier alpha value is -3.13. The van der Waals surface area contributed by atoms with Crippen molar-refractivity contribution in [1.82, 2.24) is 10.2 Å². The maximum absolute atomic E-state index is 12.9. The molecule has 1 aliphatic heterocycles. The Morgan fingerprint density at radius 3 is 2.16 bits per heavy atom. The van der Waals surface area contributed by atoms with E-state index in [1.54, 1.807) is 18.3 Å². The summed E-state index contributed by atoms with van der Waals surface area (Å²) < 4.78 is 28.6. The Morgan fingerprint density at radius 1 is 0.903 bits per heavy atom. The summed E-state index contributed by atoms with van der Waals surface area (Å²) in [4.78, 5) is 2.63. The Morgan fingerprint density at radius 2 is 1.52 bits per heavy atom. The molecule has 0 unspecified atom stereocenters.